The maximum absolute atomic E-state index is 12.3. The van der Waals surface area contributed by atoms with Gasteiger partial charge in [-0.05, 0) is 50.9 Å². The van der Waals surface area contributed by atoms with E-state index in [0.717, 1.165) is 25.3 Å². The van der Waals surface area contributed by atoms with Gasteiger partial charge >= 0.3 is 0 Å². The molecule has 1 aromatic heterocycles. The number of hydrogen-bond acceptors (Lipinski definition) is 3. The van der Waals surface area contributed by atoms with Crippen molar-refractivity contribution in [3.8, 4) is 0 Å². The zero-order valence-corrected chi connectivity index (χ0v) is 11.6. The normalized spacial score (nSPS) is 19.1. The minimum Gasteiger partial charge on any atom is -0.337 e. The zero-order valence-electron chi connectivity index (χ0n) is 11.6. The summed E-state index contributed by atoms with van der Waals surface area (Å²) < 4.78 is 0. The summed E-state index contributed by atoms with van der Waals surface area (Å²) in [6, 6.07) is 5.83. The van der Waals surface area contributed by atoms with Gasteiger partial charge in [0, 0.05) is 19.2 Å². The van der Waals surface area contributed by atoms with Gasteiger partial charge in [-0.3, -0.25) is 9.78 Å². The topological polar surface area (TPSA) is 45.2 Å². The van der Waals surface area contributed by atoms with E-state index in [4.69, 9.17) is 0 Å². The first-order valence-electron chi connectivity index (χ1n) is 7.18. The number of rotatable bonds is 5. The van der Waals surface area contributed by atoms with E-state index in [1.165, 1.54) is 12.8 Å². The zero-order chi connectivity index (χ0) is 13.5. The summed E-state index contributed by atoms with van der Waals surface area (Å²) >= 11 is 0. The SMILES string of the molecule is CCN(Cc1ccccn1)C(=O)CC1CCCNC1. The molecule has 1 atom stereocenters. The van der Waals surface area contributed by atoms with E-state index in [2.05, 4.69) is 10.3 Å². The number of carbonyl (C=O) groups is 1. The van der Waals surface area contributed by atoms with Crippen molar-refractivity contribution in [1.29, 1.82) is 0 Å². The summed E-state index contributed by atoms with van der Waals surface area (Å²) in [5.41, 5.74) is 0.958. The van der Waals surface area contributed by atoms with Gasteiger partial charge in [-0.15, -0.1) is 0 Å². The lowest BCUT2D eigenvalue weighted by atomic mass is 9.95. The fraction of sp³-hybridized carbons (Fsp3) is 0.600. The monoisotopic (exact) mass is 261 g/mol. The van der Waals surface area contributed by atoms with Crippen LogP contribution >= 0.6 is 0 Å². The number of carbonyl (C=O) groups excluding carboxylic acids is 1. The molecular weight excluding hydrogens is 238 g/mol. The lowest BCUT2D eigenvalue weighted by molar-refractivity contribution is -0.132. The Labute approximate surface area is 115 Å². The molecule has 4 heteroatoms. The molecule has 1 aliphatic rings. The average Bonchev–Trinajstić information content (AvgIpc) is 2.47. The molecule has 2 heterocycles. The molecular formula is C15H23N3O. The molecule has 0 bridgehead atoms. The van der Waals surface area contributed by atoms with Crippen molar-refractivity contribution in [2.24, 2.45) is 5.92 Å². The molecule has 2 rings (SSSR count). The first kappa shape index (κ1) is 14.0. The highest BCUT2D eigenvalue weighted by molar-refractivity contribution is 5.76. The third-order valence-corrected chi connectivity index (χ3v) is 3.68. The van der Waals surface area contributed by atoms with Gasteiger partial charge < -0.3 is 10.2 Å². The van der Waals surface area contributed by atoms with Gasteiger partial charge in [-0.1, -0.05) is 6.07 Å². The lowest BCUT2D eigenvalue weighted by Crippen LogP contribution is -2.36. The summed E-state index contributed by atoms with van der Waals surface area (Å²) in [7, 11) is 0. The molecule has 0 radical (unpaired) electrons. The molecule has 4 nitrogen and oxygen atoms in total. The summed E-state index contributed by atoms with van der Waals surface area (Å²) in [5.74, 6) is 0.751. The maximum Gasteiger partial charge on any atom is 0.223 e. The van der Waals surface area contributed by atoms with E-state index in [0.29, 0.717) is 18.9 Å². The van der Waals surface area contributed by atoms with E-state index < -0.39 is 0 Å². The van der Waals surface area contributed by atoms with Gasteiger partial charge in [-0.25, -0.2) is 0 Å². The van der Waals surface area contributed by atoms with Gasteiger partial charge in [0.15, 0.2) is 0 Å². The second-order valence-electron chi connectivity index (χ2n) is 5.15. The van der Waals surface area contributed by atoms with Gasteiger partial charge in [0.1, 0.15) is 0 Å². The van der Waals surface area contributed by atoms with E-state index in [-0.39, 0.29) is 5.91 Å². The first-order valence-corrected chi connectivity index (χ1v) is 7.18. The van der Waals surface area contributed by atoms with Crippen LogP contribution in [0.5, 0.6) is 0 Å². The number of nitrogens with zero attached hydrogens (tertiary/aromatic N) is 2. The quantitative estimate of drug-likeness (QED) is 0.879. The fourth-order valence-corrected chi connectivity index (χ4v) is 2.54. The Balaban J connectivity index is 1.87. The smallest absolute Gasteiger partial charge is 0.223 e. The minimum absolute atomic E-state index is 0.252. The third-order valence-electron chi connectivity index (χ3n) is 3.68. The van der Waals surface area contributed by atoms with Crippen LogP contribution in [0.25, 0.3) is 0 Å². The Kier molecular flexibility index (Phi) is 5.33. The van der Waals surface area contributed by atoms with Gasteiger partial charge in [0.2, 0.25) is 5.91 Å². The van der Waals surface area contributed by atoms with Crippen molar-refractivity contribution in [3.05, 3.63) is 30.1 Å². The molecule has 1 N–H and O–H groups in total. The molecule has 104 valence electrons. The molecule has 0 aliphatic carbocycles. The summed E-state index contributed by atoms with van der Waals surface area (Å²) in [6.45, 7) is 5.47. The average molecular weight is 261 g/mol. The number of amides is 1. The highest BCUT2D eigenvalue weighted by atomic mass is 16.2. The highest BCUT2D eigenvalue weighted by Gasteiger charge is 2.20. The number of nitrogens with one attached hydrogen (secondary N) is 1. The van der Waals surface area contributed by atoms with E-state index in [9.17, 15) is 4.79 Å². The summed E-state index contributed by atoms with van der Waals surface area (Å²) in [4.78, 5) is 18.5. The molecule has 0 aromatic carbocycles. The Hall–Kier alpha value is -1.42. The third kappa shape index (κ3) is 4.31. The Morgan fingerprint density at radius 2 is 2.42 bits per heavy atom. The Morgan fingerprint density at radius 1 is 1.53 bits per heavy atom. The Morgan fingerprint density at radius 3 is 3.05 bits per heavy atom. The fourth-order valence-electron chi connectivity index (χ4n) is 2.54. The van der Waals surface area contributed by atoms with Crippen LogP contribution in [0.4, 0.5) is 0 Å². The maximum atomic E-state index is 12.3. The molecule has 1 amide bonds. The van der Waals surface area contributed by atoms with Crippen LogP contribution in [0.1, 0.15) is 31.9 Å². The number of piperidine rings is 1. The molecule has 0 spiro atoms. The van der Waals surface area contributed by atoms with Crippen LogP contribution in [-0.4, -0.2) is 35.4 Å². The number of aromatic nitrogens is 1. The molecule has 1 saturated heterocycles. The lowest BCUT2D eigenvalue weighted by Gasteiger charge is -2.26. The molecule has 0 saturated carbocycles. The first-order chi connectivity index (χ1) is 9.29. The molecule has 1 aromatic rings. The molecule has 1 aliphatic heterocycles. The van der Waals surface area contributed by atoms with Crippen LogP contribution in [0, 0.1) is 5.92 Å². The van der Waals surface area contributed by atoms with Crippen LogP contribution < -0.4 is 5.32 Å². The molecule has 19 heavy (non-hydrogen) atoms. The minimum atomic E-state index is 0.252. The van der Waals surface area contributed by atoms with Crippen LogP contribution in [0.2, 0.25) is 0 Å². The van der Waals surface area contributed by atoms with Gasteiger partial charge in [0.25, 0.3) is 0 Å². The summed E-state index contributed by atoms with van der Waals surface area (Å²) in [5, 5.41) is 3.36. The van der Waals surface area contributed by atoms with E-state index >= 15 is 0 Å². The largest absolute Gasteiger partial charge is 0.337 e. The van der Waals surface area contributed by atoms with Crippen molar-refractivity contribution in [2.45, 2.75) is 32.7 Å². The van der Waals surface area contributed by atoms with Crippen molar-refractivity contribution in [1.82, 2.24) is 15.2 Å². The molecule has 1 unspecified atom stereocenters. The second-order valence-corrected chi connectivity index (χ2v) is 5.15. The molecule has 1 fully saturated rings. The summed E-state index contributed by atoms with van der Waals surface area (Å²) in [6.07, 6.45) is 4.79. The van der Waals surface area contributed by atoms with Crippen molar-refractivity contribution < 1.29 is 4.79 Å². The van der Waals surface area contributed by atoms with Crippen LogP contribution in [0.15, 0.2) is 24.4 Å². The predicted octanol–water partition coefficient (Wildman–Crippen LogP) is 1.82. The van der Waals surface area contributed by atoms with Crippen LogP contribution in [-0.2, 0) is 11.3 Å². The highest BCUT2D eigenvalue weighted by Crippen LogP contribution is 2.16. The van der Waals surface area contributed by atoms with Gasteiger partial charge in [0.05, 0.1) is 12.2 Å². The number of pyridine rings is 1. The predicted molar refractivity (Wildman–Crippen MR) is 75.5 cm³/mol. The van der Waals surface area contributed by atoms with Crippen molar-refractivity contribution in [2.75, 3.05) is 19.6 Å². The number of hydrogen-bond donors (Lipinski definition) is 1. The van der Waals surface area contributed by atoms with E-state index in [1.54, 1.807) is 6.20 Å². The van der Waals surface area contributed by atoms with E-state index in [1.807, 2.05) is 30.0 Å². The second kappa shape index (κ2) is 7.24. The van der Waals surface area contributed by atoms with Crippen molar-refractivity contribution in [3.63, 3.8) is 0 Å². The van der Waals surface area contributed by atoms with Crippen LogP contribution in [0.3, 0.4) is 0 Å². The van der Waals surface area contributed by atoms with Gasteiger partial charge in [-0.2, -0.15) is 0 Å². The standard InChI is InChI=1S/C15H23N3O/c1-2-18(12-14-7-3-4-9-17-14)15(19)10-13-6-5-8-16-11-13/h3-4,7,9,13,16H,2,5-6,8,10-12H2,1H3. The van der Waals surface area contributed by atoms with Crippen molar-refractivity contribution >= 4 is 5.91 Å². The Bertz CT molecular complexity index is 388.